The van der Waals surface area contributed by atoms with E-state index in [9.17, 15) is 9.59 Å². The fourth-order valence-electron chi connectivity index (χ4n) is 3.48. The van der Waals surface area contributed by atoms with Gasteiger partial charge in [-0.25, -0.2) is 0 Å². The van der Waals surface area contributed by atoms with Crippen LogP contribution in [0.3, 0.4) is 0 Å². The molecule has 0 atom stereocenters. The predicted molar refractivity (Wildman–Crippen MR) is 139 cm³/mol. The third-order valence-electron chi connectivity index (χ3n) is 5.23. The van der Waals surface area contributed by atoms with Crippen molar-refractivity contribution in [1.82, 2.24) is 0 Å². The molecule has 2 amide bonds. The number of halogens is 2. The summed E-state index contributed by atoms with van der Waals surface area (Å²) in [5, 5.41) is 6.47. The van der Waals surface area contributed by atoms with Crippen LogP contribution < -0.4 is 14.9 Å². The number of amides is 2. The molecule has 170 valence electrons. The van der Waals surface area contributed by atoms with Gasteiger partial charge in [0.05, 0.1) is 10.7 Å². The van der Waals surface area contributed by atoms with Crippen LogP contribution in [-0.2, 0) is 0 Å². The molecular formula is C25H23Cl2N3O2S. The molecule has 0 radical (unpaired) electrons. The zero-order valence-electron chi connectivity index (χ0n) is 17.8. The number of benzene rings is 3. The Balaban J connectivity index is 1.43. The van der Waals surface area contributed by atoms with Gasteiger partial charge < -0.3 is 14.9 Å². The monoisotopic (exact) mass is 499 g/mol. The lowest BCUT2D eigenvalue weighted by molar-refractivity contribution is 0.101. The van der Waals surface area contributed by atoms with Crippen molar-refractivity contribution in [2.75, 3.05) is 27.2 Å². The second-order valence-electron chi connectivity index (χ2n) is 7.66. The summed E-state index contributed by atoms with van der Waals surface area (Å²) in [5.74, 6) is 0.541. The molecule has 1 aliphatic heterocycles. The first-order valence-electron chi connectivity index (χ1n) is 10.7. The van der Waals surface area contributed by atoms with Crippen LogP contribution in [0, 0.1) is 0 Å². The Morgan fingerprint density at radius 1 is 0.818 bits per heavy atom. The van der Waals surface area contributed by atoms with Gasteiger partial charge in [-0.3, -0.25) is 9.59 Å². The van der Waals surface area contributed by atoms with Crippen molar-refractivity contribution >= 4 is 64.0 Å². The number of nitrogens with one attached hydrogen (secondary N) is 2. The second-order valence-corrected chi connectivity index (χ2v) is 9.61. The molecule has 0 aliphatic carbocycles. The predicted octanol–water partition coefficient (Wildman–Crippen LogP) is 7.14. The molecule has 33 heavy (non-hydrogen) atoms. The molecule has 0 bridgehead atoms. The number of anilines is 3. The van der Waals surface area contributed by atoms with Crippen molar-refractivity contribution in [2.45, 2.75) is 19.3 Å². The highest BCUT2D eigenvalue weighted by molar-refractivity contribution is 8.00. The van der Waals surface area contributed by atoms with E-state index in [0.29, 0.717) is 32.5 Å². The van der Waals surface area contributed by atoms with Crippen molar-refractivity contribution in [2.24, 2.45) is 0 Å². The molecule has 3 aromatic carbocycles. The van der Waals surface area contributed by atoms with Crippen LogP contribution in [0.1, 0.15) is 40.0 Å². The van der Waals surface area contributed by atoms with Crippen LogP contribution in [0.2, 0.25) is 10.0 Å². The van der Waals surface area contributed by atoms with Crippen LogP contribution in [0.15, 0.2) is 66.7 Å². The Hall–Kier alpha value is -2.67. The van der Waals surface area contributed by atoms with Crippen LogP contribution in [0.25, 0.3) is 0 Å². The number of carbonyl (C=O) groups is 2. The summed E-state index contributed by atoms with van der Waals surface area (Å²) in [6, 6.07) is 19.2. The summed E-state index contributed by atoms with van der Waals surface area (Å²) in [6.45, 7) is 1.02. The Morgan fingerprint density at radius 3 is 2.39 bits per heavy atom. The first-order valence-corrected chi connectivity index (χ1v) is 12.4. The average Bonchev–Trinajstić information content (AvgIpc) is 3.11. The van der Waals surface area contributed by atoms with Crippen molar-refractivity contribution in [3.8, 4) is 0 Å². The highest BCUT2D eigenvalue weighted by Crippen LogP contribution is 2.29. The maximum absolute atomic E-state index is 12.8. The second kappa shape index (κ2) is 11.0. The molecule has 0 aromatic heterocycles. The summed E-state index contributed by atoms with van der Waals surface area (Å²) in [7, 11) is 0. The summed E-state index contributed by atoms with van der Waals surface area (Å²) in [4.78, 5) is 25.3. The smallest absolute Gasteiger partial charge is 0.255 e. The summed E-state index contributed by atoms with van der Waals surface area (Å²) in [6.07, 6.45) is 3.68. The van der Waals surface area contributed by atoms with E-state index in [-0.39, 0.29) is 11.8 Å². The maximum atomic E-state index is 12.8. The van der Waals surface area contributed by atoms with Gasteiger partial charge in [-0.05, 0) is 85.5 Å². The van der Waals surface area contributed by atoms with Gasteiger partial charge in [0.2, 0.25) is 0 Å². The first kappa shape index (κ1) is 23.5. The fraction of sp³-hybridized carbons (Fsp3) is 0.200. The molecule has 2 N–H and O–H groups in total. The molecule has 1 heterocycles. The summed E-state index contributed by atoms with van der Waals surface area (Å²) >= 11 is 14.1. The molecule has 5 nitrogen and oxygen atoms in total. The molecule has 0 unspecified atom stereocenters. The third-order valence-corrected chi connectivity index (χ3v) is 6.97. The van der Waals surface area contributed by atoms with Crippen molar-refractivity contribution in [3.63, 3.8) is 0 Å². The minimum absolute atomic E-state index is 0.237. The highest BCUT2D eigenvalue weighted by atomic mass is 35.5. The quantitative estimate of drug-likeness (QED) is 0.366. The topological polar surface area (TPSA) is 61.4 Å². The van der Waals surface area contributed by atoms with Crippen molar-refractivity contribution < 1.29 is 9.59 Å². The molecule has 8 heteroatoms. The number of carbonyl (C=O) groups excluding carboxylic acids is 2. The lowest BCUT2D eigenvalue weighted by Gasteiger charge is -2.21. The van der Waals surface area contributed by atoms with Gasteiger partial charge in [0, 0.05) is 39.8 Å². The molecule has 0 saturated carbocycles. The van der Waals surface area contributed by atoms with E-state index in [2.05, 4.69) is 14.9 Å². The summed E-state index contributed by atoms with van der Waals surface area (Å²) < 4.78 is 2.29. The Labute approximate surface area is 207 Å². The molecule has 1 fully saturated rings. The van der Waals surface area contributed by atoms with Gasteiger partial charge in [0.25, 0.3) is 11.8 Å². The van der Waals surface area contributed by atoms with Gasteiger partial charge in [0.15, 0.2) is 0 Å². The van der Waals surface area contributed by atoms with Gasteiger partial charge in [-0.1, -0.05) is 35.7 Å². The third kappa shape index (κ3) is 6.22. The largest absolute Gasteiger partial charge is 0.322 e. The lowest BCUT2D eigenvalue weighted by atomic mass is 10.1. The van der Waals surface area contributed by atoms with Crippen LogP contribution >= 0.6 is 35.1 Å². The molecule has 3 aromatic rings. The van der Waals surface area contributed by atoms with Crippen LogP contribution in [0.4, 0.5) is 17.1 Å². The van der Waals surface area contributed by atoms with Gasteiger partial charge in [0.1, 0.15) is 0 Å². The highest BCUT2D eigenvalue weighted by Gasteiger charge is 2.14. The van der Waals surface area contributed by atoms with E-state index in [0.717, 1.165) is 18.0 Å². The molecular weight excluding hydrogens is 477 g/mol. The lowest BCUT2D eigenvalue weighted by Crippen LogP contribution is -2.16. The minimum atomic E-state index is -0.343. The number of nitrogens with zero attached hydrogens (tertiary/aromatic N) is 1. The fourth-order valence-corrected chi connectivity index (χ4v) is 4.92. The van der Waals surface area contributed by atoms with E-state index in [1.165, 1.54) is 19.3 Å². The number of hydrogen-bond donors (Lipinski definition) is 2. The zero-order chi connectivity index (χ0) is 23.2. The van der Waals surface area contributed by atoms with Crippen LogP contribution in [0.5, 0.6) is 0 Å². The zero-order valence-corrected chi connectivity index (χ0v) is 20.1. The van der Waals surface area contributed by atoms with Crippen molar-refractivity contribution in [1.29, 1.82) is 0 Å². The normalized spacial score (nSPS) is 13.8. The SMILES string of the molecule is O=C(Nc1ccc(Cl)c(NC(=O)c2cccc(Cl)c2)c1)c1ccc(N2CCCCCS2)cc1. The Kier molecular flexibility index (Phi) is 7.81. The molecule has 1 aliphatic rings. The van der Waals surface area contributed by atoms with E-state index >= 15 is 0 Å². The van der Waals surface area contributed by atoms with Crippen molar-refractivity contribution in [3.05, 3.63) is 87.9 Å². The first-order chi connectivity index (χ1) is 16.0. The summed E-state index contributed by atoms with van der Waals surface area (Å²) in [5.41, 5.74) is 3.00. The minimum Gasteiger partial charge on any atom is -0.322 e. The maximum Gasteiger partial charge on any atom is 0.255 e. The average molecular weight is 500 g/mol. The van der Waals surface area contributed by atoms with E-state index in [1.54, 1.807) is 42.5 Å². The van der Waals surface area contributed by atoms with Gasteiger partial charge >= 0.3 is 0 Å². The number of rotatable bonds is 5. The molecule has 0 spiro atoms. The number of hydrogen-bond acceptors (Lipinski definition) is 4. The standard InChI is InChI=1S/C25H23Cl2N3O2S/c26-19-6-4-5-18(15-19)25(32)29-23-16-20(9-12-22(23)27)28-24(31)17-7-10-21(11-8-17)30-13-2-1-3-14-33-30/h4-12,15-16H,1-3,13-14H2,(H,28,31)(H,29,32). The Bertz CT molecular complexity index is 1150. The van der Waals surface area contributed by atoms with Crippen LogP contribution in [-0.4, -0.2) is 24.1 Å². The van der Waals surface area contributed by atoms with E-state index < -0.39 is 0 Å². The van der Waals surface area contributed by atoms with E-state index in [4.69, 9.17) is 23.2 Å². The molecule has 4 rings (SSSR count). The van der Waals surface area contributed by atoms with Gasteiger partial charge in [-0.2, -0.15) is 0 Å². The van der Waals surface area contributed by atoms with E-state index in [1.807, 2.05) is 36.2 Å². The van der Waals surface area contributed by atoms with Gasteiger partial charge in [-0.15, -0.1) is 0 Å². The molecule has 1 saturated heterocycles. The Morgan fingerprint density at radius 2 is 1.61 bits per heavy atom.